The lowest BCUT2D eigenvalue weighted by molar-refractivity contribution is 0.0988. The van der Waals surface area contributed by atoms with Crippen molar-refractivity contribution >= 4 is 5.78 Å². The van der Waals surface area contributed by atoms with E-state index in [1.54, 1.807) is 6.33 Å². The molecule has 4 aromatic rings. The standard InChI is InChI=1S/C23H23N5O/c1-15(2)28-14-24-27-23(28)21-10-6-8-17(25-21)13-22(29)20-12-11-19(26-20)18-9-5-4-7-16(18)3/h4-12,14-15,26H,13H2,1-3H3. The molecule has 6 nitrogen and oxygen atoms in total. The lowest BCUT2D eigenvalue weighted by Gasteiger charge is -2.10. The molecule has 0 bridgehead atoms. The first-order valence-corrected chi connectivity index (χ1v) is 9.67. The molecule has 0 spiro atoms. The zero-order valence-corrected chi connectivity index (χ0v) is 16.8. The summed E-state index contributed by atoms with van der Waals surface area (Å²) < 4.78 is 1.97. The molecule has 3 aromatic heterocycles. The third-order valence-corrected chi connectivity index (χ3v) is 4.93. The molecule has 29 heavy (non-hydrogen) atoms. The summed E-state index contributed by atoms with van der Waals surface area (Å²) in [5, 5.41) is 8.19. The zero-order chi connectivity index (χ0) is 20.4. The summed E-state index contributed by atoms with van der Waals surface area (Å²) in [5.41, 5.74) is 5.21. The first kappa shape index (κ1) is 18.8. The van der Waals surface area contributed by atoms with Gasteiger partial charge in [0.2, 0.25) is 0 Å². The van der Waals surface area contributed by atoms with E-state index in [1.165, 1.54) is 0 Å². The van der Waals surface area contributed by atoms with Crippen molar-refractivity contribution in [3.8, 4) is 22.8 Å². The Hall–Kier alpha value is -3.54. The molecule has 0 aliphatic carbocycles. The molecule has 0 aliphatic rings. The van der Waals surface area contributed by atoms with Crippen LogP contribution in [0.1, 0.15) is 41.6 Å². The van der Waals surface area contributed by atoms with Gasteiger partial charge in [0.05, 0.1) is 12.1 Å². The van der Waals surface area contributed by atoms with Gasteiger partial charge >= 0.3 is 0 Å². The first-order chi connectivity index (χ1) is 14.0. The highest BCUT2D eigenvalue weighted by Crippen LogP contribution is 2.23. The van der Waals surface area contributed by atoms with Gasteiger partial charge in [0.1, 0.15) is 12.0 Å². The Balaban J connectivity index is 1.55. The van der Waals surface area contributed by atoms with E-state index in [0.29, 0.717) is 22.9 Å². The van der Waals surface area contributed by atoms with Gasteiger partial charge in [-0.3, -0.25) is 4.79 Å². The largest absolute Gasteiger partial charge is 0.352 e. The number of carbonyl (C=O) groups is 1. The fraction of sp³-hybridized carbons (Fsp3) is 0.217. The van der Waals surface area contributed by atoms with Crippen LogP contribution in [0.25, 0.3) is 22.8 Å². The van der Waals surface area contributed by atoms with Crippen LogP contribution in [0.4, 0.5) is 0 Å². The fourth-order valence-corrected chi connectivity index (χ4v) is 3.36. The Morgan fingerprint density at radius 3 is 2.69 bits per heavy atom. The third kappa shape index (κ3) is 3.87. The summed E-state index contributed by atoms with van der Waals surface area (Å²) in [4.78, 5) is 20.7. The van der Waals surface area contributed by atoms with E-state index >= 15 is 0 Å². The van der Waals surface area contributed by atoms with Gasteiger partial charge in [-0.15, -0.1) is 10.2 Å². The quantitative estimate of drug-likeness (QED) is 0.490. The molecular formula is C23H23N5O. The van der Waals surface area contributed by atoms with Crippen LogP contribution >= 0.6 is 0 Å². The average molecular weight is 385 g/mol. The van der Waals surface area contributed by atoms with Crippen LogP contribution in [-0.2, 0) is 6.42 Å². The molecule has 1 aromatic carbocycles. The predicted octanol–water partition coefficient (Wildman–Crippen LogP) is 4.65. The van der Waals surface area contributed by atoms with Crippen molar-refractivity contribution in [1.29, 1.82) is 0 Å². The van der Waals surface area contributed by atoms with Gasteiger partial charge in [0, 0.05) is 23.0 Å². The molecule has 0 fully saturated rings. The normalized spacial score (nSPS) is 11.2. The van der Waals surface area contributed by atoms with Crippen LogP contribution in [0.5, 0.6) is 0 Å². The highest BCUT2D eigenvalue weighted by Gasteiger charge is 2.15. The Labute approximate surface area is 169 Å². The smallest absolute Gasteiger partial charge is 0.184 e. The molecule has 1 N–H and O–H groups in total. The maximum atomic E-state index is 12.8. The van der Waals surface area contributed by atoms with Crippen molar-refractivity contribution in [2.45, 2.75) is 33.2 Å². The molecule has 0 atom stereocenters. The molecule has 0 aliphatic heterocycles. The lowest BCUT2D eigenvalue weighted by atomic mass is 10.1. The second-order valence-electron chi connectivity index (χ2n) is 7.37. The highest BCUT2D eigenvalue weighted by molar-refractivity contribution is 5.96. The molecule has 0 amide bonds. The molecular weight excluding hydrogens is 362 g/mol. The molecule has 6 heteroatoms. The van der Waals surface area contributed by atoms with Crippen molar-refractivity contribution in [3.63, 3.8) is 0 Å². The minimum atomic E-state index is -0.000175. The average Bonchev–Trinajstić information content (AvgIpc) is 3.38. The maximum Gasteiger partial charge on any atom is 0.184 e. The molecule has 0 unspecified atom stereocenters. The van der Waals surface area contributed by atoms with Crippen LogP contribution in [0.2, 0.25) is 0 Å². The van der Waals surface area contributed by atoms with E-state index in [-0.39, 0.29) is 18.2 Å². The van der Waals surface area contributed by atoms with E-state index < -0.39 is 0 Å². The van der Waals surface area contributed by atoms with Gasteiger partial charge in [-0.25, -0.2) is 4.98 Å². The predicted molar refractivity (Wildman–Crippen MR) is 113 cm³/mol. The van der Waals surface area contributed by atoms with E-state index in [1.807, 2.05) is 53.1 Å². The minimum Gasteiger partial charge on any atom is -0.352 e. The van der Waals surface area contributed by atoms with Crippen molar-refractivity contribution in [2.75, 3.05) is 0 Å². The van der Waals surface area contributed by atoms with E-state index in [0.717, 1.165) is 16.8 Å². The number of hydrogen-bond donors (Lipinski definition) is 1. The monoisotopic (exact) mass is 385 g/mol. The summed E-state index contributed by atoms with van der Waals surface area (Å²) in [5.74, 6) is 0.704. The van der Waals surface area contributed by atoms with Gasteiger partial charge in [-0.05, 0) is 50.6 Å². The van der Waals surface area contributed by atoms with E-state index in [4.69, 9.17) is 0 Å². The summed E-state index contributed by atoms with van der Waals surface area (Å²) in [6.45, 7) is 6.19. The molecule has 0 radical (unpaired) electrons. The number of hydrogen-bond acceptors (Lipinski definition) is 4. The maximum absolute atomic E-state index is 12.8. The van der Waals surface area contributed by atoms with Gasteiger partial charge in [-0.1, -0.05) is 30.3 Å². The zero-order valence-electron chi connectivity index (χ0n) is 16.8. The van der Waals surface area contributed by atoms with Crippen molar-refractivity contribution in [2.24, 2.45) is 0 Å². The van der Waals surface area contributed by atoms with Gasteiger partial charge < -0.3 is 9.55 Å². The number of aromatic nitrogens is 5. The van der Waals surface area contributed by atoms with Crippen LogP contribution in [-0.4, -0.2) is 30.5 Å². The third-order valence-electron chi connectivity index (χ3n) is 4.93. The number of H-pyrrole nitrogens is 1. The number of nitrogens with zero attached hydrogens (tertiary/aromatic N) is 4. The van der Waals surface area contributed by atoms with E-state index in [2.05, 4.69) is 47.0 Å². The number of nitrogens with one attached hydrogen (secondary N) is 1. The number of aromatic amines is 1. The number of rotatable bonds is 6. The Kier molecular flexibility index (Phi) is 5.08. The molecule has 3 heterocycles. The van der Waals surface area contributed by atoms with Crippen LogP contribution in [0.3, 0.4) is 0 Å². The van der Waals surface area contributed by atoms with Crippen molar-refractivity contribution < 1.29 is 4.79 Å². The van der Waals surface area contributed by atoms with Crippen LogP contribution < -0.4 is 0 Å². The highest BCUT2D eigenvalue weighted by atomic mass is 16.1. The number of aryl methyl sites for hydroxylation is 1. The van der Waals surface area contributed by atoms with Crippen LogP contribution in [0.15, 0.2) is 60.9 Å². The second-order valence-corrected chi connectivity index (χ2v) is 7.37. The van der Waals surface area contributed by atoms with Crippen molar-refractivity contribution in [3.05, 3.63) is 77.9 Å². The summed E-state index contributed by atoms with van der Waals surface area (Å²) >= 11 is 0. The summed E-state index contributed by atoms with van der Waals surface area (Å²) in [6.07, 6.45) is 1.92. The lowest BCUT2D eigenvalue weighted by Crippen LogP contribution is -2.07. The van der Waals surface area contributed by atoms with Gasteiger partial charge in [-0.2, -0.15) is 0 Å². The second kappa shape index (κ2) is 7.83. The number of ketones is 1. The Bertz CT molecular complexity index is 1160. The Morgan fingerprint density at radius 2 is 1.90 bits per heavy atom. The van der Waals surface area contributed by atoms with Crippen LogP contribution in [0, 0.1) is 6.92 Å². The van der Waals surface area contributed by atoms with E-state index in [9.17, 15) is 4.79 Å². The van der Waals surface area contributed by atoms with Gasteiger partial charge in [0.25, 0.3) is 0 Å². The SMILES string of the molecule is Cc1ccccc1-c1ccc(C(=O)Cc2cccc(-c3nncn3C(C)C)n2)[nH]1. The number of carbonyl (C=O) groups excluding carboxylic acids is 1. The molecule has 0 saturated heterocycles. The minimum absolute atomic E-state index is 0.000175. The summed E-state index contributed by atoms with van der Waals surface area (Å²) in [6, 6.07) is 17.8. The van der Waals surface area contributed by atoms with Gasteiger partial charge in [0.15, 0.2) is 11.6 Å². The molecule has 146 valence electrons. The van der Waals surface area contributed by atoms with Crippen molar-refractivity contribution in [1.82, 2.24) is 24.7 Å². The molecule has 4 rings (SSSR count). The molecule has 0 saturated carbocycles. The number of pyridine rings is 1. The fourth-order valence-electron chi connectivity index (χ4n) is 3.36. The Morgan fingerprint density at radius 1 is 1.07 bits per heavy atom. The summed E-state index contributed by atoms with van der Waals surface area (Å²) in [7, 11) is 0. The number of Topliss-reactive ketones (excluding diaryl/α,β-unsaturated/α-hetero) is 1. The number of benzene rings is 1. The topological polar surface area (TPSA) is 76.5 Å². The first-order valence-electron chi connectivity index (χ1n) is 9.67.